The van der Waals surface area contributed by atoms with E-state index in [9.17, 15) is 12.8 Å². The fraction of sp³-hybridized carbons (Fsp3) is 0.286. The molecule has 0 unspecified atom stereocenters. The zero-order chi connectivity index (χ0) is 25.0. The molecule has 36 heavy (non-hydrogen) atoms. The Balaban J connectivity index is 1.72. The number of hydrogen-bond donors (Lipinski definition) is 0. The van der Waals surface area contributed by atoms with Crippen molar-refractivity contribution in [2.24, 2.45) is 4.99 Å². The Morgan fingerprint density at radius 1 is 1.06 bits per heavy atom. The van der Waals surface area contributed by atoms with Gasteiger partial charge in [0.25, 0.3) is 0 Å². The quantitative estimate of drug-likeness (QED) is 0.375. The average Bonchev–Trinajstić information content (AvgIpc) is 3.45. The number of sulfone groups is 1. The first-order chi connectivity index (χ1) is 17.3. The summed E-state index contributed by atoms with van der Waals surface area (Å²) in [6, 6.07) is 14.4. The maximum atomic E-state index is 13.9. The summed E-state index contributed by atoms with van der Waals surface area (Å²) in [6.45, 7) is 3.82. The molecule has 2 aliphatic rings. The third-order valence-corrected chi connectivity index (χ3v) is 8.15. The van der Waals surface area contributed by atoms with Crippen LogP contribution in [0.4, 0.5) is 4.39 Å². The lowest BCUT2D eigenvalue weighted by molar-refractivity contribution is 0.0843. The van der Waals surface area contributed by atoms with Gasteiger partial charge in [-0.15, -0.1) is 0 Å². The van der Waals surface area contributed by atoms with E-state index in [1.54, 1.807) is 18.2 Å². The van der Waals surface area contributed by atoms with Crippen molar-refractivity contribution < 1.29 is 17.5 Å². The molecule has 0 bridgehead atoms. The summed E-state index contributed by atoms with van der Waals surface area (Å²) < 4.78 is 46.2. The molecular formula is C28H26FN3O3S. The van der Waals surface area contributed by atoms with Crippen molar-refractivity contribution >= 4 is 27.0 Å². The maximum Gasteiger partial charge on any atom is 0.192 e. The second kappa shape index (κ2) is 8.64. The van der Waals surface area contributed by atoms with E-state index < -0.39 is 9.84 Å². The van der Waals surface area contributed by atoms with Crippen LogP contribution in [-0.4, -0.2) is 43.7 Å². The molecule has 0 amide bonds. The zero-order valence-electron chi connectivity index (χ0n) is 20.2. The van der Waals surface area contributed by atoms with Crippen LogP contribution in [0, 0.1) is 12.7 Å². The average molecular weight is 504 g/mol. The Kier molecular flexibility index (Phi) is 5.53. The Morgan fingerprint density at radius 2 is 1.81 bits per heavy atom. The summed E-state index contributed by atoms with van der Waals surface area (Å²) in [4.78, 5) is 8.94. The molecular weight excluding hydrogens is 477 g/mol. The molecule has 0 atom stereocenters. The molecule has 2 aromatic carbocycles. The maximum absolute atomic E-state index is 13.9. The van der Waals surface area contributed by atoms with Crippen molar-refractivity contribution in [3.8, 4) is 16.8 Å². The van der Waals surface area contributed by atoms with Crippen molar-refractivity contribution in [3.05, 3.63) is 76.9 Å². The molecule has 1 saturated heterocycles. The van der Waals surface area contributed by atoms with Gasteiger partial charge in [0.2, 0.25) is 0 Å². The van der Waals surface area contributed by atoms with E-state index in [1.165, 1.54) is 18.4 Å². The van der Waals surface area contributed by atoms with E-state index in [0.29, 0.717) is 25.5 Å². The highest BCUT2D eigenvalue weighted by molar-refractivity contribution is 7.90. The number of nitrogens with zero attached hydrogens (tertiary/aromatic N) is 3. The number of hydrogen-bond acceptors (Lipinski definition) is 5. The third-order valence-electron chi connectivity index (χ3n) is 7.16. The highest BCUT2D eigenvalue weighted by atomic mass is 32.2. The minimum absolute atomic E-state index is 0.0629. The summed E-state index contributed by atoms with van der Waals surface area (Å²) >= 11 is 0. The Bertz CT molecular complexity index is 1630. The summed E-state index contributed by atoms with van der Waals surface area (Å²) in [5.74, 6) is -0.0730. The van der Waals surface area contributed by atoms with Crippen molar-refractivity contribution in [3.63, 3.8) is 0 Å². The van der Waals surface area contributed by atoms with E-state index in [1.807, 2.05) is 19.2 Å². The van der Waals surface area contributed by atoms with E-state index in [2.05, 4.69) is 26.7 Å². The van der Waals surface area contributed by atoms with Crippen LogP contribution in [0.1, 0.15) is 41.3 Å². The number of halogens is 1. The number of fused-ring (bicyclic) bond motifs is 2. The van der Waals surface area contributed by atoms with Gasteiger partial charge in [0.05, 0.1) is 12.1 Å². The summed E-state index contributed by atoms with van der Waals surface area (Å²) in [6.07, 6.45) is 4.79. The predicted molar refractivity (Wildman–Crippen MR) is 138 cm³/mol. The monoisotopic (exact) mass is 503 g/mol. The van der Waals surface area contributed by atoms with Crippen LogP contribution in [0.25, 0.3) is 27.7 Å². The van der Waals surface area contributed by atoms with Gasteiger partial charge in [-0.05, 0) is 79.4 Å². The van der Waals surface area contributed by atoms with E-state index in [4.69, 9.17) is 4.74 Å². The smallest absolute Gasteiger partial charge is 0.192 e. The van der Waals surface area contributed by atoms with Gasteiger partial charge in [0, 0.05) is 65.2 Å². The van der Waals surface area contributed by atoms with Gasteiger partial charge in [-0.1, -0.05) is 0 Å². The third kappa shape index (κ3) is 3.85. The predicted octanol–water partition coefficient (Wildman–Crippen LogP) is 5.37. The Morgan fingerprint density at radius 3 is 2.50 bits per heavy atom. The van der Waals surface area contributed by atoms with Crippen LogP contribution in [0.2, 0.25) is 0 Å². The summed E-state index contributed by atoms with van der Waals surface area (Å²) in [5.41, 5.74) is 7.83. The van der Waals surface area contributed by atoms with Gasteiger partial charge in [0.15, 0.2) is 14.9 Å². The number of aromatic nitrogens is 2. The number of benzene rings is 2. The van der Waals surface area contributed by atoms with Crippen LogP contribution >= 0.6 is 0 Å². The lowest BCUT2D eigenvalue weighted by Crippen LogP contribution is -2.17. The van der Waals surface area contributed by atoms with Crippen molar-refractivity contribution in [1.29, 1.82) is 0 Å². The number of rotatable bonds is 4. The second-order valence-corrected chi connectivity index (χ2v) is 11.5. The van der Waals surface area contributed by atoms with Gasteiger partial charge in [-0.3, -0.25) is 4.99 Å². The molecule has 6 nitrogen and oxygen atoms in total. The van der Waals surface area contributed by atoms with Crippen LogP contribution in [0.3, 0.4) is 0 Å². The summed E-state index contributed by atoms with van der Waals surface area (Å²) in [7, 11) is -3.43. The molecule has 0 radical (unpaired) electrons. The fourth-order valence-corrected chi connectivity index (χ4v) is 6.05. The highest BCUT2D eigenvalue weighted by Crippen LogP contribution is 2.45. The molecule has 0 saturated carbocycles. The van der Waals surface area contributed by atoms with Crippen LogP contribution in [0.15, 0.2) is 58.5 Å². The molecule has 0 aliphatic carbocycles. The van der Waals surface area contributed by atoms with Crippen LogP contribution in [0.5, 0.6) is 0 Å². The largest absolute Gasteiger partial charge is 0.381 e. The van der Waals surface area contributed by atoms with Crippen LogP contribution < -0.4 is 0 Å². The van der Waals surface area contributed by atoms with E-state index in [-0.39, 0.29) is 16.8 Å². The molecule has 2 aliphatic heterocycles. The lowest BCUT2D eigenvalue weighted by atomic mass is 9.89. The summed E-state index contributed by atoms with van der Waals surface area (Å²) in [5, 5.41) is 1.12. The zero-order valence-corrected chi connectivity index (χ0v) is 21.0. The van der Waals surface area contributed by atoms with Gasteiger partial charge < -0.3 is 9.30 Å². The number of ether oxygens (including phenoxy) is 1. The SMILES string of the molecule is Cc1nc(S(C)(=O)=O)ccc1-c1c(C2CCOCC2)n(-c2ccc(F)cc2)c2cc3c(cc12)CN=C3. The first-order valence-electron chi connectivity index (χ1n) is 12.0. The second-order valence-electron chi connectivity index (χ2n) is 9.55. The minimum atomic E-state index is -3.43. The van der Waals surface area contributed by atoms with Gasteiger partial charge in [-0.25, -0.2) is 17.8 Å². The molecule has 184 valence electrons. The lowest BCUT2D eigenvalue weighted by Gasteiger charge is -2.26. The number of aryl methyl sites for hydroxylation is 1. The molecule has 0 spiro atoms. The molecule has 8 heteroatoms. The fourth-order valence-electron chi connectivity index (χ4n) is 5.43. The van der Waals surface area contributed by atoms with E-state index >= 15 is 0 Å². The molecule has 1 fully saturated rings. The normalized spacial score (nSPS) is 16.1. The number of pyridine rings is 1. The van der Waals surface area contributed by atoms with Crippen molar-refractivity contribution in [2.45, 2.75) is 37.3 Å². The Labute approximate surface area is 209 Å². The van der Waals surface area contributed by atoms with Gasteiger partial charge in [-0.2, -0.15) is 0 Å². The standard InChI is InChI=1S/C28H26FN3O3S/c1-17-23(7-8-26(31-17)36(2,33)34)27-24-13-19-15-30-16-20(19)14-25(24)32(22-5-3-21(29)4-6-22)28(27)18-9-11-35-12-10-18/h3-8,13-14,16,18H,9-12,15H2,1-2H3. The van der Waals surface area contributed by atoms with Crippen molar-refractivity contribution in [1.82, 2.24) is 9.55 Å². The molecule has 2 aromatic heterocycles. The van der Waals surface area contributed by atoms with Crippen LogP contribution in [-0.2, 0) is 21.1 Å². The molecule has 6 rings (SSSR count). The Hall–Kier alpha value is -3.36. The molecule has 0 N–H and O–H groups in total. The number of aliphatic imine (C=N–C) groups is 1. The minimum Gasteiger partial charge on any atom is -0.381 e. The molecule has 4 heterocycles. The van der Waals surface area contributed by atoms with Crippen molar-refractivity contribution in [2.75, 3.05) is 19.5 Å². The van der Waals surface area contributed by atoms with Gasteiger partial charge in [0.1, 0.15) is 5.82 Å². The van der Waals surface area contributed by atoms with Gasteiger partial charge >= 0.3 is 0 Å². The first-order valence-corrected chi connectivity index (χ1v) is 13.9. The first kappa shape index (κ1) is 23.1. The molecule has 4 aromatic rings. The van der Waals surface area contributed by atoms with E-state index in [0.717, 1.165) is 57.4 Å². The highest BCUT2D eigenvalue weighted by Gasteiger charge is 2.30. The topological polar surface area (TPSA) is 73.6 Å².